The molecule has 1 unspecified atom stereocenters. The minimum atomic E-state index is -4.06. The minimum absolute atomic E-state index is 0.00512. The summed E-state index contributed by atoms with van der Waals surface area (Å²) in [6.07, 6.45) is 0.184. The Morgan fingerprint density at radius 3 is 2.47 bits per heavy atom. The molecule has 1 amide bonds. The number of hydrogen-bond donors (Lipinski definition) is 2. The molecule has 0 saturated carbocycles. The van der Waals surface area contributed by atoms with Gasteiger partial charge in [-0.05, 0) is 48.4 Å². The molecule has 3 aromatic carbocycles. The molecule has 11 heteroatoms. The Kier molecular flexibility index (Phi) is 7.23. The third-order valence-corrected chi connectivity index (χ3v) is 7.99. The Labute approximate surface area is 213 Å². The molecule has 9 nitrogen and oxygen atoms in total. The number of carbonyl (C=O) groups excluding carboxylic acids is 1. The number of nitrogens with one attached hydrogen (secondary N) is 2. The maximum atomic E-state index is 13.4. The second-order valence-electron chi connectivity index (χ2n) is 8.39. The van der Waals surface area contributed by atoms with E-state index >= 15 is 0 Å². The van der Waals surface area contributed by atoms with E-state index < -0.39 is 22.0 Å². The Morgan fingerprint density at radius 1 is 0.972 bits per heavy atom. The number of carbonyl (C=O) groups is 1. The number of ether oxygens (including phenoxy) is 1. The van der Waals surface area contributed by atoms with Gasteiger partial charge in [-0.15, -0.1) is 0 Å². The number of sulfonamides is 1. The fourth-order valence-electron chi connectivity index (χ4n) is 4.09. The first-order chi connectivity index (χ1) is 17.5. The molecule has 0 spiro atoms. The summed E-state index contributed by atoms with van der Waals surface area (Å²) in [6, 6.07) is 20.5. The van der Waals surface area contributed by atoms with Crippen LogP contribution < -0.4 is 14.9 Å². The fourth-order valence-corrected chi connectivity index (χ4v) is 6.05. The van der Waals surface area contributed by atoms with Gasteiger partial charge in [-0.1, -0.05) is 36.4 Å². The molecule has 0 bridgehead atoms. The van der Waals surface area contributed by atoms with Gasteiger partial charge in [0.15, 0.2) is 0 Å². The first kappa shape index (κ1) is 24.3. The van der Waals surface area contributed by atoms with Crippen LogP contribution in [0.1, 0.15) is 5.56 Å². The molecule has 186 valence electrons. The molecule has 1 fully saturated rings. The second kappa shape index (κ2) is 10.7. The molecule has 0 radical (unpaired) electrons. The van der Waals surface area contributed by atoms with E-state index in [0.717, 1.165) is 36.1 Å². The van der Waals surface area contributed by atoms with Crippen LogP contribution in [0.15, 0.2) is 77.7 Å². The summed E-state index contributed by atoms with van der Waals surface area (Å²) in [4.78, 5) is 15.5. The van der Waals surface area contributed by atoms with E-state index in [9.17, 15) is 13.2 Å². The maximum absolute atomic E-state index is 13.4. The second-order valence-corrected chi connectivity index (χ2v) is 10.6. The molecular formula is C25H25N5O4S2. The van der Waals surface area contributed by atoms with Crippen LogP contribution in [0, 0.1) is 0 Å². The molecule has 1 aliphatic rings. The molecular weight excluding hydrogens is 498 g/mol. The zero-order valence-corrected chi connectivity index (χ0v) is 21.0. The molecule has 2 N–H and O–H groups in total. The van der Waals surface area contributed by atoms with Crippen LogP contribution in [0.4, 0.5) is 11.4 Å². The smallest absolute Gasteiger partial charge is 0.243 e. The van der Waals surface area contributed by atoms with E-state index in [1.54, 1.807) is 12.1 Å². The number of rotatable bonds is 8. The lowest BCUT2D eigenvalue weighted by molar-refractivity contribution is -0.117. The highest BCUT2D eigenvalue weighted by molar-refractivity contribution is 7.89. The van der Waals surface area contributed by atoms with Crippen molar-refractivity contribution in [2.24, 2.45) is 0 Å². The van der Waals surface area contributed by atoms with Crippen molar-refractivity contribution in [1.29, 1.82) is 0 Å². The predicted molar refractivity (Wildman–Crippen MR) is 140 cm³/mol. The number of aromatic nitrogens is 2. The maximum Gasteiger partial charge on any atom is 0.243 e. The molecule has 5 rings (SSSR count). The standard InChI is InChI=1S/C25H25N5O4S2/c31-25(26-19-9-11-20(12-10-19)30-13-15-34-16-14-30)22(17-18-5-2-1-3-6-18)29-36(32,33)23-8-4-7-21-24(23)28-35-27-21/h1-12,22,29H,13-17H2,(H,26,31). The van der Waals surface area contributed by atoms with Crippen LogP contribution in [-0.2, 0) is 26.0 Å². The number of hydrogen-bond acceptors (Lipinski definition) is 8. The summed E-state index contributed by atoms with van der Waals surface area (Å²) in [5.74, 6) is -0.454. The lowest BCUT2D eigenvalue weighted by Crippen LogP contribution is -2.45. The number of fused-ring (bicyclic) bond motifs is 1. The topological polar surface area (TPSA) is 114 Å². The molecule has 1 saturated heterocycles. The van der Waals surface area contributed by atoms with Crippen molar-refractivity contribution in [1.82, 2.24) is 13.5 Å². The van der Waals surface area contributed by atoms with Crippen LogP contribution in [-0.4, -0.2) is 55.4 Å². The quantitative estimate of drug-likeness (QED) is 0.365. The van der Waals surface area contributed by atoms with E-state index in [-0.39, 0.29) is 16.8 Å². The summed E-state index contributed by atoms with van der Waals surface area (Å²) in [7, 11) is -4.06. The van der Waals surface area contributed by atoms with Crippen molar-refractivity contribution in [3.8, 4) is 0 Å². The van der Waals surface area contributed by atoms with Crippen molar-refractivity contribution < 1.29 is 17.9 Å². The molecule has 1 atom stereocenters. The van der Waals surface area contributed by atoms with Crippen molar-refractivity contribution in [3.63, 3.8) is 0 Å². The van der Waals surface area contributed by atoms with Crippen molar-refractivity contribution in [2.45, 2.75) is 17.4 Å². The molecule has 4 aromatic rings. The van der Waals surface area contributed by atoms with Crippen LogP contribution in [0.25, 0.3) is 11.0 Å². The van der Waals surface area contributed by atoms with Crippen LogP contribution in [0.3, 0.4) is 0 Å². The average Bonchev–Trinajstić information content (AvgIpc) is 3.39. The first-order valence-electron chi connectivity index (χ1n) is 11.5. The monoisotopic (exact) mass is 523 g/mol. The highest BCUT2D eigenvalue weighted by Crippen LogP contribution is 2.23. The number of anilines is 2. The Hall–Kier alpha value is -3.38. The summed E-state index contributed by atoms with van der Waals surface area (Å²) >= 11 is 0.942. The first-order valence-corrected chi connectivity index (χ1v) is 13.7. The highest BCUT2D eigenvalue weighted by Gasteiger charge is 2.28. The summed E-state index contributed by atoms with van der Waals surface area (Å²) < 4.78 is 43.0. The van der Waals surface area contributed by atoms with Crippen LogP contribution in [0.5, 0.6) is 0 Å². The van der Waals surface area contributed by atoms with Crippen molar-refractivity contribution >= 4 is 50.1 Å². The van der Waals surface area contributed by atoms with Crippen LogP contribution >= 0.6 is 11.7 Å². The zero-order chi connectivity index (χ0) is 25.0. The number of morpholine rings is 1. The third-order valence-electron chi connectivity index (χ3n) is 5.95. The van der Waals surface area contributed by atoms with Gasteiger partial charge >= 0.3 is 0 Å². The van der Waals surface area contributed by atoms with Gasteiger partial charge in [0.25, 0.3) is 0 Å². The van der Waals surface area contributed by atoms with Crippen molar-refractivity contribution in [3.05, 3.63) is 78.4 Å². The third kappa shape index (κ3) is 5.54. The van der Waals surface area contributed by atoms with E-state index in [1.807, 2.05) is 54.6 Å². The predicted octanol–water partition coefficient (Wildman–Crippen LogP) is 3.06. The van der Waals surface area contributed by atoms with Gasteiger partial charge in [-0.3, -0.25) is 4.79 Å². The van der Waals surface area contributed by atoms with Gasteiger partial charge in [0.05, 0.1) is 24.9 Å². The summed E-state index contributed by atoms with van der Waals surface area (Å²) in [6.45, 7) is 3.00. The summed E-state index contributed by atoms with van der Waals surface area (Å²) in [5, 5.41) is 2.86. The number of amides is 1. The van der Waals surface area contributed by atoms with Gasteiger partial charge in [-0.2, -0.15) is 13.5 Å². The van der Waals surface area contributed by atoms with Gasteiger partial charge in [0.2, 0.25) is 15.9 Å². The number of nitrogens with zero attached hydrogens (tertiary/aromatic N) is 3. The van der Waals surface area contributed by atoms with Gasteiger partial charge in [-0.25, -0.2) is 8.42 Å². The molecule has 1 aliphatic heterocycles. The Morgan fingerprint density at radius 2 is 1.72 bits per heavy atom. The molecule has 0 aliphatic carbocycles. The molecule has 2 heterocycles. The van der Waals surface area contributed by atoms with E-state index in [2.05, 4.69) is 23.7 Å². The Bertz CT molecular complexity index is 1440. The number of benzene rings is 3. The lowest BCUT2D eigenvalue weighted by Gasteiger charge is -2.29. The summed E-state index contributed by atoms with van der Waals surface area (Å²) in [5.41, 5.74) is 3.24. The molecule has 36 heavy (non-hydrogen) atoms. The van der Waals surface area contributed by atoms with Gasteiger partial charge < -0.3 is 15.0 Å². The highest BCUT2D eigenvalue weighted by atomic mass is 32.2. The average molecular weight is 524 g/mol. The van der Waals surface area contributed by atoms with E-state index in [0.29, 0.717) is 24.4 Å². The fraction of sp³-hybridized carbons (Fsp3) is 0.240. The zero-order valence-electron chi connectivity index (χ0n) is 19.3. The van der Waals surface area contributed by atoms with Crippen molar-refractivity contribution in [2.75, 3.05) is 36.5 Å². The normalized spacial score (nSPS) is 15.1. The lowest BCUT2D eigenvalue weighted by atomic mass is 10.1. The van der Waals surface area contributed by atoms with E-state index in [1.165, 1.54) is 6.07 Å². The largest absolute Gasteiger partial charge is 0.378 e. The van der Waals surface area contributed by atoms with Gasteiger partial charge in [0, 0.05) is 24.5 Å². The van der Waals surface area contributed by atoms with E-state index in [4.69, 9.17) is 4.74 Å². The van der Waals surface area contributed by atoms with Crippen LogP contribution in [0.2, 0.25) is 0 Å². The SMILES string of the molecule is O=C(Nc1ccc(N2CCOCC2)cc1)C(Cc1ccccc1)NS(=O)(=O)c1cccc2nsnc12. The molecule has 1 aromatic heterocycles. The minimum Gasteiger partial charge on any atom is -0.378 e. The van der Waals surface area contributed by atoms with Gasteiger partial charge in [0.1, 0.15) is 22.0 Å². The Balaban J connectivity index is 1.37.